The molecule has 1 aliphatic rings. The van der Waals surface area contributed by atoms with Gasteiger partial charge in [-0.05, 0) is 42.9 Å². The maximum atomic E-state index is 3.90. The topological polar surface area (TPSA) is 12.0 Å². The van der Waals surface area contributed by atoms with Gasteiger partial charge in [0.05, 0.1) is 0 Å². The van der Waals surface area contributed by atoms with E-state index in [4.69, 9.17) is 0 Å². The third-order valence-corrected chi connectivity index (χ3v) is 5.84. The molecule has 0 spiro atoms. The fourth-order valence-corrected chi connectivity index (χ4v) is 3.27. The fourth-order valence-electron chi connectivity index (χ4n) is 3.27. The molecule has 0 aromatic heterocycles. The quantitative estimate of drug-likeness (QED) is 0.374. The Balaban J connectivity index is 0.00000232. The molecule has 0 aliphatic heterocycles. The summed E-state index contributed by atoms with van der Waals surface area (Å²) in [6.45, 7) is 19.4. The van der Waals surface area contributed by atoms with Gasteiger partial charge in [-0.1, -0.05) is 87.5 Å². The molecule has 1 saturated carbocycles. The molecule has 1 rings (SSSR count). The van der Waals surface area contributed by atoms with E-state index in [1.165, 1.54) is 64.3 Å². The first-order chi connectivity index (χ1) is 10.8. The highest BCUT2D eigenvalue weighted by Gasteiger charge is 2.42. The highest BCUT2D eigenvalue weighted by atomic mass is 15.0. The molecule has 1 N–H and O–H groups in total. The van der Waals surface area contributed by atoms with Crippen molar-refractivity contribution in [1.29, 1.82) is 0 Å². The third-order valence-electron chi connectivity index (χ3n) is 5.84. The summed E-state index contributed by atoms with van der Waals surface area (Å²) in [5.74, 6) is 1.82. The molecule has 0 aromatic carbocycles. The van der Waals surface area contributed by atoms with Crippen molar-refractivity contribution in [2.75, 3.05) is 6.54 Å². The highest BCUT2D eigenvalue weighted by Crippen LogP contribution is 2.41. The van der Waals surface area contributed by atoms with Gasteiger partial charge in [-0.25, -0.2) is 0 Å². The van der Waals surface area contributed by atoms with Crippen LogP contribution in [0.15, 0.2) is 0 Å². The normalized spacial score (nSPS) is 17.6. The van der Waals surface area contributed by atoms with Gasteiger partial charge in [0.2, 0.25) is 0 Å². The second-order valence-corrected chi connectivity index (χ2v) is 8.69. The lowest BCUT2D eigenvalue weighted by Crippen LogP contribution is -2.38. The van der Waals surface area contributed by atoms with E-state index in [0.29, 0.717) is 11.0 Å². The molecule has 1 atom stereocenters. The zero-order chi connectivity index (χ0) is 17.9. The Bertz CT molecular complexity index is 276. The van der Waals surface area contributed by atoms with Gasteiger partial charge in [0.25, 0.3) is 0 Å². The lowest BCUT2D eigenvalue weighted by Gasteiger charge is -2.27. The second kappa shape index (κ2) is 11.5. The van der Waals surface area contributed by atoms with E-state index in [0.717, 1.165) is 11.8 Å². The van der Waals surface area contributed by atoms with Crippen LogP contribution in [0.25, 0.3) is 0 Å². The number of rotatable bonds is 12. The summed E-state index contributed by atoms with van der Waals surface area (Å²) < 4.78 is 0. The Morgan fingerprint density at radius 2 is 1.61 bits per heavy atom. The van der Waals surface area contributed by atoms with E-state index < -0.39 is 0 Å². The molecule has 140 valence electrons. The number of hydrogen-bond donors (Lipinski definition) is 1. The van der Waals surface area contributed by atoms with Gasteiger partial charge >= 0.3 is 0 Å². The van der Waals surface area contributed by atoms with Crippen LogP contribution in [0.5, 0.6) is 0 Å². The lowest BCUT2D eigenvalue weighted by molar-refractivity contribution is 0.286. The molecule has 1 heteroatoms. The molecule has 1 unspecified atom stereocenters. The van der Waals surface area contributed by atoms with Gasteiger partial charge in [-0.15, -0.1) is 0 Å². The smallest absolute Gasteiger partial charge is 0.0183 e. The summed E-state index contributed by atoms with van der Waals surface area (Å²) >= 11 is 0. The van der Waals surface area contributed by atoms with Crippen LogP contribution in [0.1, 0.15) is 113 Å². The summed E-state index contributed by atoms with van der Waals surface area (Å²) in [5, 5.41) is 3.90. The van der Waals surface area contributed by atoms with E-state index in [-0.39, 0.29) is 0 Å². The predicted octanol–water partition coefficient (Wildman–Crippen LogP) is 7.20. The average Bonchev–Trinajstić information content (AvgIpc) is 3.31. The van der Waals surface area contributed by atoms with E-state index in [9.17, 15) is 0 Å². The standard InChI is InChI=1S/C20H41N.C2H6/c1-7-11-18(17(3)4)12-9-10-13-20(14-15-20)21-16-19(5,6)8-2;1-2/h17-18,21H,7-16H2,1-6H3;1-2H3. The molecule has 1 nitrogen and oxygen atoms in total. The Hall–Kier alpha value is -0.0400. The first-order valence-electron chi connectivity index (χ1n) is 10.6. The maximum Gasteiger partial charge on any atom is 0.0183 e. The Kier molecular flexibility index (Phi) is 11.5. The molecule has 0 saturated heterocycles. The van der Waals surface area contributed by atoms with Crippen molar-refractivity contribution >= 4 is 0 Å². The van der Waals surface area contributed by atoms with Crippen LogP contribution in [-0.2, 0) is 0 Å². The Morgan fingerprint density at radius 1 is 1.00 bits per heavy atom. The van der Waals surface area contributed by atoms with E-state index >= 15 is 0 Å². The molecular formula is C22H47N. The Morgan fingerprint density at radius 3 is 2.04 bits per heavy atom. The van der Waals surface area contributed by atoms with Gasteiger partial charge in [0.1, 0.15) is 0 Å². The number of hydrogen-bond acceptors (Lipinski definition) is 1. The zero-order valence-electron chi connectivity index (χ0n) is 17.7. The van der Waals surface area contributed by atoms with Crippen LogP contribution in [0.4, 0.5) is 0 Å². The molecule has 0 amide bonds. The molecule has 0 radical (unpaired) electrons. The summed E-state index contributed by atoms with van der Waals surface area (Å²) in [6.07, 6.45) is 12.6. The van der Waals surface area contributed by atoms with Crippen LogP contribution in [-0.4, -0.2) is 12.1 Å². The minimum Gasteiger partial charge on any atom is -0.311 e. The minimum absolute atomic E-state index is 0.458. The lowest BCUT2D eigenvalue weighted by atomic mass is 9.86. The van der Waals surface area contributed by atoms with E-state index in [2.05, 4.69) is 46.9 Å². The molecular weight excluding hydrogens is 278 g/mol. The molecule has 1 aliphatic carbocycles. The van der Waals surface area contributed by atoms with Crippen molar-refractivity contribution in [2.45, 2.75) is 119 Å². The zero-order valence-corrected chi connectivity index (χ0v) is 17.7. The van der Waals surface area contributed by atoms with Crippen LogP contribution in [0, 0.1) is 17.3 Å². The van der Waals surface area contributed by atoms with Crippen molar-refractivity contribution in [3.63, 3.8) is 0 Å². The second-order valence-electron chi connectivity index (χ2n) is 8.69. The molecule has 0 bridgehead atoms. The first kappa shape index (κ1) is 23.0. The van der Waals surface area contributed by atoms with E-state index in [1.807, 2.05) is 13.8 Å². The summed E-state index contributed by atoms with van der Waals surface area (Å²) in [5.41, 5.74) is 0.990. The predicted molar refractivity (Wildman–Crippen MR) is 107 cm³/mol. The largest absolute Gasteiger partial charge is 0.311 e. The van der Waals surface area contributed by atoms with Gasteiger partial charge in [0.15, 0.2) is 0 Å². The summed E-state index contributed by atoms with van der Waals surface area (Å²) in [7, 11) is 0. The number of unbranched alkanes of at least 4 members (excludes halogenated alkanes) is 1. The Labute approximate surface area is 148 Å². The van der Waals surface area contributed by atoms with E-state index in [1.54, 1.807) is 0 Å². The average molecular weight is 326 g/mol. The van der Waals surface area contributed by atoms with Crippen LogP contribution < -0.4 is 5.32 Å². The SMILES string of the molecule is CC.CCCC(CCCCC1(NCC(C)(C)CC)CC1)C(C)C. The highest BCUT2D eigenvalue weighted by molar-refractivity contribution is 5.02. The summed E-state index contributed by atoms with van der Waals surface area (Å²) in [4.78, 5) is 0. The summed E-state index contributed by atoms with van der Waals surface area (Å²) in [6, 6.07) is 0. The van der Waals surface area contributed by atoms with Crippen molar-refractivity contribution in [3.8, 4) is 0 Å². The van der Waals surface area contributed by atoms with Crippen molar-refractivity contribution in [1.82, 2.24) is 5.32 Å². The number of nitrogens with one attached hydrogen (secondary N) is 1. The van der Waals surface area contributed by atoms with Crippen molar-refractivity contribution < 1.29 is 0 Å². The maximum absolute atomic E-state index is 3.90. The van der Waals surface area contributed by atoms with Crippen molar-refractivity contribution in [3.05, 3.63) is 0 Å². The third kappa shape index (κ3) is 9.75. The van der Waals surface area contributed by atoms with Crippen LogP contribution in [0.2, 0.25) is 0 Å². The molecule has 0 heterocycles. The molecule has 0 aromatic rings. The van der Waals surface area contributed by atoms with Gasteiger partial charge in [-0.3, -0.25) is 0 Å². The minimum atomic E-state index is 0.458. The fraction of sp³-hybridized carbons (Fsp3) is 1.00. The van der Waals surface area contributed by atoms with Gasteiger partial charge in [0, 0.05) is 12.1 Å². The van der Waals surface area contributed by atoms with Crippen LogP contribution >= 0.6 is 0 Å². The van der Waals surface area contributed by atoms with Gasteiger partial charge < -0.3 is 5.32 Å². The first-order valence-corrected chi connectivity index (χ1v) is 10.6. The molecule has 23 heavy (non-hydrogen) atoms. The monoisotopic (exact) mass is 325 g/mol. The van der Waals surface area contributed by atoms with Gasteiger partial charge in [-0.2, -0.15) is 0 Å². The molecule has 1 fully saturated rings. The van der Waals surface area contributed by atoms with Crippen molar-refractivity contribution in [2.24, 2.45) is 17.3 Å². The van der Waals surface area contributed by atoms with Crippen LogP contribution in [0.3, 0.4) is 0 Å².